The Morgan fingerprint density at radius 1 is 1.36 bits per heavy atom. The molecule has 5 nitrogen and oxygen atoms in total. The molecule has 11 heavy (non-hydrogen) atoms. The molecule has 0 heterocycles. The lowest BCUT2D eigenvalue weighted by molar-refractivity contribution is -0.139. The van der Waals surface area contributed by atoms with E-state index in [1.54, 1.807) is 0 Å². The van der Waals surface area contributed by atoms with Crippen LogP contribution in [0.1, 0.15) is 6.92 Å². The van der Waals surface area contributed by atoms with Crippen LogP contribution < -0.4 is 0 Å². The Morgan fingerprint density at radius 2 is 1.82 bits per heavy atom. The van der Waals surface area contributed by atoms with Crippen molar-refractivity contribution < 1.29 is 22.1 Å². The quantitative estimate of drug-likeness (QED) is 0.435. The number of ether oxygens (including phenoxy) is 1. The minimum atomic E-state index is -3.78. The molecule has 0 fully saturated rings. The number of carbonyl (C=O) groups excluding carboxylic acids is 1. The van der Waals surface area contributed by atoms with Gasteiger partial charge in [0, 0.05) is 0 Å². The van der Waals surface area contributed by atoms with Gasteiger partial charge in [0.2, 0.25) is 0 Å². The van der Waals surface area contributed by atoms with E-state index in [0.29, 0.717) is 0 Å². The van der Waals surface area contributed by atoms with Gasteiger partial charge >= 0.3 is 5.97 Å². The molecular weight excluding hydrogens is 172 g/mol. The van der Waals surface area contributed by atoms with Crippen LogP contribution in [0.5, 0.6) is 0 Å². The fourth-order valence-corrected chi connectivity index (χ4v) is 1.05. The van der Waals surface area contributed by atoms with Gasteiger partial charge in [-0.1, -0.05) is 0 Å². The zero-order valence-electron chi connectivity index (χ0n) is 6.53. The van der Waals surface area contributed by atoms with Gasteiger partial charge in [-0.05, 0) is 6.92 Å². The molecule has 0 amide bonds. The van der Waals surface area contributed by atoms with E-state index in [2.05, 4.69) is 8.92 Å². The highest BCUT2D eigenvalue weighted by atomic mass is 32.2. The molecule has 0 radical (unpaired) electrons. The molecule has 0 spiro atoms. The Kier molecular flexibility index (Phi) is 3.47. The molecule has 0 saturated carbocycles. The van der Waals surface area contributed by atoms with Gasteiger partial charge < -0.3 is 4.74 Å². The molecule has 0 aliphatic rings. The summed E-state index contributed by atoms with van der Waals surface area (Å²) < 4.78 is 29.8. The molecule has 0 aromatic carbocycles. The van der Waals surface area contributed by atoms with Gasteiger partial charge in [0.05, 0.1) is 14.2 Å². The first-order chi connectivity index (χ1) is 4.95. The molecule has 0 aromatic heterocycles. The molecule has 0 aromatic rings. The van der Waals surface area contributed by atoms with Gasteiger partial charge in [0.1, 0.15) is 0 Å². The zero-order chi connectivity index (χ0) is 9.07. The summed E-state index contributed by atoms with van der Waals surface area (Å²) in [6, 6.07) is 0. The molecule has 0 bridgehead atoms. The lowest BCUT2D eigenvalue weighted by Crippen LogP contribution is -2.29. The zero-order valence-corrected chi connectivity index (χ0v) is 7.34. The fraction of sp³-hybridized carbons (Fsp3) is 0.800. The Bertz CT molecular complexity index is 229. The van der Waals surface area contributed by atoms with Crippen molar-refractivity contribution in [1.29, 1.82) is 0 Å². The van der Waals surface area contributed by atoms with Gasteiger partial charge in [-0.2, -0.15) is 8.42 Å². The number of esters is 1. The first kappa shape index (κ1) is 10.4. The number of rotatable bonds is 3. The Balaban J connectivity index is 4.49. The molecule has 1 unspecified atom stereocenters. The van der Waals surface area contributed by atoms with Crippen LogP contribution in [0.2, 0.25) is 0 Å². The Labute approximate surface area is 65.4 Å². The van der Waals surface area contributed by atoms with Crippen LogP contribution in [0.3, 0.4) is 0 Å². The topological polar surface area (TPSA) is 69.7 Å². The first-order valence-electron chi connectivity index (χ1n) is 2.83. The number of hydrogen-bond donors (Lipinski definition) is 0. The van der Waals surface area contributed by atoms with Gasteiger partial charge in [-0.15, -0.1) is 0 Å². The van der Waals surface area contributed by atoms with E-state index < -0.39 is 21.3 Å². The van der Waals surface area contributed by atoms with E-state index in [0.717, 1.165) is 14.2 Å². The molecule has 0 aliphatic carbocycles. The highest BCUT2D eigenvalue weighted by Gasteiger charge is 2.28. The highest BCUT2D eigenvalue weighted by Crippen LogP contribution is 2.03. The Morgan fingerprint density at radius 3 is 2.09 bits per heavy atom. The van der Waals surface area contributed by atoms with Gasteiger partial charge in [0.15, 0.2) is 5.25 Å². The standard InChI is InChI=1S/C5H10O5S/c1-4(5(6)9-2)11(7,8)10-3/h4H,1-3H3. The molecule has 66 valence electrons. The van der Waals surface area contributed by atoms with E-state index in [9.17, 15) is 13.2 Å². The van der Waals surface area contributed by atoms with Crippen LogP contribution in [-0.2, 0) is 23.8 Å². The van der Waals surface area contributed by atoms with Crippen molar-refractivity contribution in [3.05, 3.63) is 0 Å². The summed E-state index contributed by atoms with van der Waals surface area (Å²) >= 11 is 0. The molecular formula is C5H10O5S. The number of carbonyl (C=O) groups is 1. The molecule has 1 atom stereocenters. The van der Waals surface area contributed by atoms with E-state index in [-0.39, 0.29) is 0 Å². The van der Waals surface area contributed by atoms with Crippen molar-refractivity contribution in [3.8, 4) is 0 Å². The summed E-state index contributed by atoms with van der Waals surface area (Å²) in [6.45, 7) is 1.20. The SMILES string of the molecule is COC(=O)C(C)S(=O)(=O)OC. The highest BCUT2D eigenvalue weighted by molar-refractivity contribution is 7.88. The van der Waals surface area contributed by atoms with Crippen molar-refractivity contribution in [2.45, 2.75) is 12.2 Å². The predicted molar refractivity (Wildman–Crippen MR) is 37.4 cm³/mol. The van der Waals surface area contributed by atoms with Crippen LogP contribution in [0.25, 0.3) is 0 Å². The minimum Gasteiger partial charge on any atom is -0.468 e. The minimum absolute atomic E-state index is 0.827. The van der Waals surface area contributed by atoms with Gasteiger partial charge in [-0.25, -0.2) is 0 Å². The maximum Gasteiger partial charge on any atom is 0.326 e. The summed E-state index contributed by atoms with van der Waals surface area (Å²) in [7, 11) is -1.67. The van der Waals surface area contributed by atoms with Gasteiger partial charge in [-0.3, -0.25) is 8.98 Å². The Hall–Kier alpha value is -0.620. The summed E-state index contributed by atoms with van der Waals surface area (Å²) in [5.41, 5.74) is 0. The van der Waals surface area contributed by atoms with Crippen molar-refractivity contribution in [1.82, 2.24) is 0 Å². The van der Waals surface area contributed by atoms with Crippen LogP contribution in [0.15, 0.2) is 0 Å². The monoisotopic (exact) mass is 182 g/mol. The summed E-state index contributed by atoms with van der Waals surface area (Å²) in [4.78, 5) is 10.6. The van der Waals surface area contributed by atoms with E-state index in [1.807, 2.05) is 0 Å². The third kappa shape index (κ3) is 2.47. The van der Waals surface area contributed by atoms with E-state index in [4.69, 9.17) is 0 Å². The third-order valence-corrected chi connectivity index (χ3v) is 2.72. The average molecular weight is 182 g/mol. The van der Waals surface area contributed by atoms with Gasteiger partial charge in [0.25, 0.3) is 10.1 Å². The first-order valence-corrected chi connectivity index (χ1v) is 4.30. The lowest BCUT2D eigenvalue weighted by atomic mass is 10.5. The summed E-state index contributed by atoms with van der Waals surface area (Å²) in [6.07, 6.45) is 0. The molecule has 0 rings (SSSR count). The third-order valence-electron chi connectivity index (χ3n) is 1.20. The summed E-state index contributed by atoms with van der Waals surface area (Å²) in [5.74, 6) is -0.827. The van der Waals surface area contributed by atoms with Crippen molar-refractivity contribution in [2.24, 2.45) is 0 Å². The second kappa shape index (κ2) is 3.68. The van der Waals surface area contributed by atoms with Crippen LogP contribution in [-0.4, -0.2) is 33.9 Å². The van der Waals surface area contributed by atoms with Crippen molar-refractivity contribution >= 4 is 16.1 Å². The predicted octanol–water partition coefficient (Wildman–Crippen LogP) is -0.476. The second-order valence-corrected chi connectivity index (χ2v) is 3.85. The van der Waals surface area contributed by atoms with Crippen molar-refractivity contribution in [3.63, 3.8) is 0 Å². The molecule has 0 aliphatic heterocycles. The van der Waals surface area contributed by atoms with Crippen LogP contribution in [0.4, 0.5) is 0 Å². The number of methoxy groups -OCH3 is 1. The second-order valence-electron chi connectivity index (χ2n) is 1.82. The summed E-state index contributed by atoms with van der Waals surface area (Å²) in [5, 5.41) is -1.27. The maximum absolute atomic E-state index is 10.8. The van der Waals surface area contributed by atoms with Crippen LogP contribution >= 0.6 is 0 Å². The number of hydrogen-bond acceptors (Lipinski definition) is 5. The fourth-order valence-electron chi connectivity index (χ4n) is 0.428. The average Bonchev–Trinajstić information content (AvgIpc) is 2.01. The largest absolute Gasteiger partial charge is 0.468 e. The molecule has 0 N–H and O–H groups in total. The molecule has 6 heteroatoms. The van der Waals surface area contributed by atoms with Crippen LogP contribution in [0, 0.1) is 0 Å². The van der Waals surface area contributed by atoms with E-state index >= 15 is 0 Å². The molecule has 0 saturated heterocycles. The van der Waals surface area contributed by atoms with Crippen molar-refractivity contribution in [2.75, 3.05) is 14.2 Å². The normalized spacial score (nSPS) is 14.1. The smallest absolute Gasteiger partial charge is 0.326 e. The maximum atomic E-state index is 10.8. The van der Waals surface area contributed by atoms with E-state index in [1.165, 1.54) is 6.92 Å². The lowest BCUT2D eigenvalue weighted by Gasteiger charge is -2.07.